The number of ether oxygens (including phenoxy) is 1. The monoisotopic (exact) mass is 397 g/mol. The molecule has 1 aromatic heterocycles. The van der Waals surface area contributed by atoms with Crippen LogP contribution in [-0.2, 0) is 0 Å². The fraction of sp³-hybridized carbons (Fsp3) is 0.120. The van der Waals surface area contributed by atoms with Crippen molar-refractivity contribution in [2.45, 2.75) is 13.0 Å². The van der Waals surface area contributed by atoms with Gasteiger partial charge in [-0.1, -0.05) is 48.5 Å². The zero-order chi connectivity index (χ0) is 20.9. The highest BCUT2D eigenvalue weighted by Crippen LogP contribution is 2.24. The first-order valence-corrected chi connectivity index (χ1v) is 9.81. The summed E-state index contributed by atoms with van der Waals surface area (Å²) in [6, 6.07) is 28.9. The normalized spacial score (nSPS) is 11.7. The van der Waals surface area contributed by atoms with Crippen molar-refractivity contribution in [1.29, 1.82) is 0 Å². The molecule has 5 heteroatoms. The van der Waals surface area contributed by atoms with E-state index in [-0.39, 0.29) is 11.9 Å². The molecule has 4 rings (SSSR count). The van der Waals surface area contributed by atoms with Gasteiger partial charge in [-0.25, -0.2) is 4.68 Å². The highest BCUT2D eigenvalue weighted by Gasteiger charge is 2.19. The highest BCUT2D eigenvalue weighted by molar-refractivity contribution is 5.94. The van der Waals surface area contributed by atoms with Crippen LogP contribution in [0.25, 0.3) is 16.9 Å². The van der Waals surface area contributed by atoms with E-state index in [0.29, 0.717) is 5.69 Å². The molecule has 1 atom stereocenters. The maximum absolute atomic E-state index is 13.2. The first-order valence-electron chi connectivity index (χ1n) is 9.81. The highest BCUT2D eigenvalue weighted by atomic mass is 16.5. The molecule has 1 heterocycles. The Morgan fingerprint density at radius 1 is 0.933 bits per heavy atom. The largest absolute Gasteiger partial charge is 0.497 e. The minimum atomic E-state index is -0.178. The molecule has 150 valence electrons. The number of nitrogens with zero attached hydrogens (tertiary/aromatic N) is 2. The fourth-order valence-corrected chi connectivity index (χ4v) is 3.31. The average molecular weight is 397 g/mol. The van der Waals surface area contributed by atoms with E-state index in [2.05, 4.69) is 5.32 Å². The van der Waals surface area contributed by atoms with E-state index in [9.17, 15) is 4.79 Å². The van der Waals surface area contributed by atoms with Gasteiger partial charge in [0, 0.05) is 5.56 Å². The van der Waals surface area contributed by atoms with Crippen LogP contribution in [0, 0.1) is 0 Å². The minimum absolute atomic E-state index is 0.123. The van der Waals surface area contributed by atoms with Crippen LogP contribution < -0.4 is 10.1 Å². The van der Waals surface area contributed by atoms with E-state index in [1.807, 2.05) is 97.9 Å². The molecule has 0 aliphatic rings. The molecule has 4 aromatic rings. The maximum Gasteiger partial charge on any atom is 0.270 e. The van der Waals surface area contributed by atoms with E-state index >= 15 is 0 Å². The molecule has 0 aliphatic heterocycles. The molecule has 0 fully saturated rings. The lowest BCUT2D eigenvalue weighted by Gasteiger charge is -2.15. The number of carbonyl (C=O) groups excluding carboxylic acids is 1. The molecular weight excluding hydrogens is 374 g/mol. The van der Waals surface area contributed by atoms with E-state index in [4.69, 9.17) is 9.84 Å². The summed E-state index contributed by atoms with van der Waals surface area (Å²) in [5.74, 6) is 0.596. The number of hydrogen-bond donors (Lipinski definition) is 1. The summed E-state index contributed by atoms with van der Waals surface area (Å²) in [6.07, 6.45) is 0. The summed E-state index contributed by atoms with van der Waals surface area (Å²) in [7, 11) is 1.63. The number of rotatable bonds is 6. The quantitative estimate of drug-likeness (QED) is 0.496. The summed E-state index contributed by atoms with van der Waals surface area (Å²) in [5, 5.41) is 7.81. The molecule has 0 saturated heterocycles. The number of methoxy groups -OCH3 is 1. The van der Waals surface area contributed by atoms with Crippen LogP contribution in [0.15, 0.2) is 91.0 Å². The van der Waals surface area contributed by atoms with Crippen LogP contribution in [0.3, 0.4) is 0 Å². The lowest BCUT2D eigenvalue weighted by atomic mass is 10.1. The zero-order valence-corrected chi connectivity index (χ0v) is 16.9. The van der Waals surface area contributed by atoms with Crippen LogP contribution in [0.5, 0.6) is 5.75 Å². The molecule has 0 aliphatic carbocycles. The molecule has 30 heavy (non-hydrogen) atoms. The number of hydrogen-bond acceptors (Lipinski definition) is 3. The number of benzene rings is 3. The molecule has 0 spiro atoms. The van der Waals surface area contributed by atoms with Crippen molar-refractivity contribution in [3.63, 3.8) is 0 Å². The average Bonchev–Trinajstić information content (AvgIpc) is 3.26. The summed E-state index contributed by atoms with van der Waals surface area (Å²) >= 11 is 0. The molecule has 3 aromatic carbocycles. The standard InChI is InChI=1S/C25H23N3O2/c1-18(19-9-5-3-6-10-19)26-25(29)24-17-23(20-13-15-22(30-2)16-14-20)27-28(24)21-11-7-4-8-12-21/h3-18H,1-2H3,(H,26,29). The Morgan fingerprint density at radius 2 is 1.57 bits per heavy atom. The van der Waals surface area contributed by atoms with Gasteiger partial charge >= 0.3 is 0 Å². The Balaban J connectivity index is 1.69. The number of aromatic nitrogens is 2. The van der Waals surface area contributed by atoms with Gasteiger partial charge in [0.1, 0.15) is 11.4 Å². The van der Waals surface area contributed by atoms with Crippen LogP contribution in [0.4, 0.5) is 0 Å². The smallest absolute Gasteiger partial charge is 0.270 e. The fourth-order valence-electron chi connectivity index (χ4n) is 3.31. The molecule has 0 radical (unpaired) electrons. The second kappa shape index (κ2) is 8.66. The van der Waals surface area contributed by atoms with Crippen molar-refractivity contribution >= 4 is 5.91 Å². The van der Waals surface area contributed by atoms with Crippen LogP contribution in [0.1, 0.15) is 29.0 Å². The first-order chi connectivity index (χ1) is 14.7. The van der Waals surface area contributed by atoms with Gasteiger partial charge < -0.3 is 10.1 Å². The topological polar surface area (TPSA) is 56.1 Å². The predicted molar refractivity (Wildman–Crippen MR) is 118 cm³/mol. The molecule has 1 N–H and O–H groups in total. The second-order valence-electron chi connectivity index (χ2n) is 7.00. The van der Waals surface area contributed by atoms with Crippen molar-refractivity contribution in [3.05, 3.63) is 102 Å². The van der Waals surface area contributed by atoms with Crippen LogP contribution in [-0.4, -0.2) is 22.8 Å². The second-order valence-corrected chi connectivity index (χ2v) is 7.00. The SMILES string of the molecule is COc1ccc(-c2cc(C(=O)NC(C)c3ccccc3)n(-c3ccccc3)n2)cc1. The first kappa shape index (κ1) is 19.5. The summed E-state index contributed by atoms with van der Waals surface area (Å²) < 4.78 is 6.92. The summed E-state index contributed by atoms with van der Waals surface area (Å²) in [5.41, 5.74) is 3.99. The Hall–Kier alpha value is -3.86. The van der Waals surface area contributed by atoms with Gasteiger partial charge in [0.25, 0.3) is 5.91 Å². The van der Waals surface area contributed by atoms with Gasteiger partial charge in [0.05, 0.1) is 24.5 Å². The van der Waals surface area contributed by atoms with E-state index in [1.165, 1.54) is 0 Å². The number of carbonyl (C=O) groups is 1. The van der Waals surface area contributed by atoms with Gasteiger partial charge in [-0.2, -0.15) is 5.10 Å². The van der Waals surface area contributed by atoms with Crippen molar-refractivity contribution in [3.8, 4) is 22.7 Å². The van der Waals surface area contributed by atoms with Gasteiger partial charge in [-0.3, -0.25) is 4.79 Å². The minimum Gasteiger partial charge on any atom is -0.497 e. The lowest BCUT2D eigenvalue weighted by molar-refractivity contribution is 0.0932. The van der Waals surface area contributed by atoms with E-state index in [1.54, 1.807) is 11.8 Å². The van der Waals surface area contributed by atoms with Crippen molar-refractivity contribution in [2.75, 3.05) is 7.11 Å². The van der Waals surface area contributed by atoms with E-state index in [0.717, 1.165) is 28.3 Å². The maximum atomic E-state index is 13.2. The molecular formula is C25H23N3O2. The third kappa shape index (κ3) is 4.10. The summed E-state index contributed by atoms with van der Waals surface area (Å²) in [4.78, 5) is 13.2. The van der Waals surface area contributed by atoms with Gasteiger partial charge in [0.15, 0.2) is 0 Å². The number of nitrogens with one attached hydrogen (secondary N) is 1. The third-order valence-electron chi connectivity index (χ3n) is 4.98. The lowest BCUT2D eigenvalue weighted by Crippen LogP contribution is -2.28. The zero-order valence-electron chi connectivity index (χ0n) is 16.9. The summed E-state index contributed by atoms with van der Waals surface area (Å²) in [6.45, 7) is 1.97. The predicted octanol–water partition coefficient (Wildman–Crippen LogP) is 5.04. The van der Waals surface area contributed by atoms with E-state index < -0.39 is 0 Å². The molecule has 1 unspecified atom stereocenters. The molecule has 0 bridgehead atoms. The Kier molecular flexibility index (Phi) is 5.61. The molecule has 1 amide bonds. The molecule has 0 saturated carbocycles. The van der Waals surface area contributed by atoms with Gasteiger partial charge in [-0.05, 0) is 55.0 Å². The van der Waals surface area contributed by atoms with Crippen LogP contribution in [0.2, 0.25) is 0 Å². The van der Waals surface area contributed by atoms with Crippen LogP contribution >= 0.6 is 0 Å². The number of amides is 1. The molecule has 5 nitrogen and oxygen atoms in total. The Morgan fingerprint density at radius 3 is 2.20 bits per heavy atom. The Labute approximate surface area is 175 Å². The van der Waals surface area contributed by atoms with Crippen molar-refractivity contribution in [2.24, 2.45) is 0 Å². The number of para-hydroxylation sites is 1. The third-order valence-corrected chi connectivity index (χ3v) is 4.98. The van der Waals surface area contributed by atoms with Crippen molar-refractivity contribution < 1.29 is 9.53 Å². The van der Waals surface area contributed by atoms with Gasteiger partial charge in [0.2, 0.25) is 0 Å². The van der Waals surface area contributed by atoms with Gasteiger partial charge in [-0.15, -0.1) is 0 Å². The van der Waals surface area contributed by atoms with Crippen molar-refractivity contribution in [1.82, 2.24) is 15.1 Å². The Bertz CT molecular complexity index is 1120.